The van der Waals surface area contributed by atoms with Gasteiger partial charge in [0.2, 0.25) is 0 Å². The number of hydrogen-bond donors (Lipinski definition) is 2. The minimum atomic E-state index is -0.131. The van der Waals surface area contributed by atoms with Gasteiger partial charge in [0.1, 0.15) is 5.82 Å². The van der Waals surface area contributed by atoms with E-state index in [1.165, 1.54) is 11.4 Å². The SMILES string of the molecule is CNCc1c(C)nn(C)c1N1CCC(O)CC1. The van der Waals surface area contributed by atoms with Gasteiger partial charge in [-0.25, -0.2) is 0 Å². The van der Waals surface area contributed by atoms with E-state index in [2.05, 4.69) is 22.2 Å². The van der Waals surface area contributed by atoms with Gasteiger partial charge in [0.25, 0.3) is 0 Å². The Morgan fingerprint density at radius 2 is 2.06 bits per heavy atom. The summed E-state index contributed by atoms with van der Waals surface area (Å²) in [6, 6.07) is 0. The van der Waals surface area contributed by atoms with E-state index in [1.54, 1.807) is 0 Å². The number of hydrogen-bond acceptors (Lipinski definition) is 4. The van der Waals surface area contributed by atoms with Crippen molar-refractivity contribution >= 4 is 5.82 Å². The van der Waals surface area contributed by atoms with Crippen LogP contribution < -0.4 is 10.2 Å². The zero-order valence-electron chi connectivity index (χ0n) is 10.9. The van der Waals surface area contributed by atoms with E-state index in [1.807, 2.05) is 18.8 Å². The molecule has 2 rings (SSSR count). The lowest BCUT2D eigenvalue weighted by molar-refractivity contribution is 0.145. The molecule has 0 amide bonds. The molecular weight excluding hydrogens is 216 g/mol. The largest absolute Gasteiger partial charge is 0.393 e. The van der Waals surface area contributed by atoms with Gasteiger partial charge in [-0.1, -0.05) is 0 Å². The van der Waals surface area contributed by atoms with Crippen LogP contribution in [0.5, 0.6) is 0 Å². The van der Waals surface area contributed by atoms with Gasteiger partial charge in [-0.3, -0.25) is 4.68 Å². The molecule has 1 aromatic heterocycles. The first-order valence-corrected chi connectivity index (χ1v) is 6.23. The molecule has 0 unspecified atom stereocenters. The number of aliphatic hydroxyl groups is 1. The first kappa shape index (κ1) is 12.4. The number of aryl methyl sites for hydroxylation is 2. The van der Waals surface area contributed by atoms with Gasteiger partial charge in [0.05, 0.1) is 11.8 Å². The van der Waals surface area contributed by atoms with E-state index >= 15 is 0 Å². The van der Waals surface area contributed by atoms with Gasteiger partial charge >= 0.3 is 0 Å². The fraction of sp³-hybridized carbons (Fsp3) is 0.750. The number of rotatable bonds is 3. The molecule has 1 aliphatic rings. The van der Waals surface area contributed by atoms with E-state index < -0.39 is 0 Å². The maximum Gasteiger partial charge on any atom is 0.131 e. The Kier molecular flexibility index (Phi) is 3.69. The summed E-state index contributed by atoms with van der Waals surface area (Å²) in [5, 5.41) is 17.3. The van der Waals surface area contributed by atoms with Crippen LogP contribution in [0, 0.1) is 6.92 Å². The Hall–Kier alpha value is -1.07. The Labute approximate surface area is 102 Å². The molecular formula is C12H22N4O. The van der Waals surface area contributed by atoms with Crippen LogP contribution in [0.4, 0.5) is 5.82 Å². The maximum absolute atomic E-state index is 9.56. The summed E-state index contributed by atoms with van der Waals surface area (Å²) >= 11 is 0. The highest BCUT2D eigenvalue weighted by atomic mass is 16.3. The van der Waals surface area contributed by atoms with Crippen LogP contribution in [0.15, 0.2) is 0 Å². The van der Waals surface area contributed by atoms with Crippen LogP contribution in [-0.2, 0) is 13.6 Å². The monoisotopic (exact) mass is 238 g/mol. The lowest BCUT2D eigenvalue weighted by atomic mass is 10.1. The van der Waals surface area contributed by atoms with Gasteiger partial charge in [0, 0.05) is 32.2 Å². The minimum absolute atomic E-state index is 0.131. The van der Waals surface area contributed by atoms with Crippen molar-refractivity contribution in [1.29, 1.82) is 0 Å². The molecule has 0 spiro atoms. The molecule has 0 radical (unpaired) electrons. The van der Waals surface area contributed by atoms with Gasteiger partial charge in [0.15, 0.2) is 0 Å². The number of piperidine rings is 1. The molecule has 5 nitrogen and oxygen atoms in total. The summed E-state index contributed by atoms with van der Waals surface area (Å²) in [4.78, 5) is 2.33. The Morgan fingerprint density at radius 1 is 1.41 bits per heavy atom. The molecule has 17 heavy (non-hydrogen) atoms. The topological polar surface area (TPSA) is 53.3 Å². The van der Waals surface area contributed by atoms with E-state index in [0.29, 0.717) is 0 Å². The summed E-state index contributed by atoms with van der Waals surface area (Å²) in [7, 11) is 3.95. The smallest absolute Gasteiger partial charge is 0.131 e. The summed E-state index contributed by atoms with van der Waals surface area (Å²) < 4.78 is 1.96. The average Bonchev–Trinajstić information content (AvgIpc) is 2.56. The highest BCUT2D eigenvalue weighted by molar-refractivity contribution is 5.50. The molecule has 0 aromatic carbocycles. The first-order chi connectivity index (χ1) is 8.13. The molecule has 2 heterocycles. The van der Waals surface area contributed by atoms with Crippen LogP contribution in [0.1, 0.15) is 24.1 Å². The maximum atomic E-state index is 9.56. The van der Waals surface area contributed by atoms with Crippen molar-refractivity contribution in [3.8, 4) is 0 Å². The fourth-order valence-electron chi connectivity index (χ4n) is 2.55. The van der Waals surface area contributed by atoms with Crippen molar-refractivity contribution in [1.82, 2.24) is 15.1 Å². The molecule has 5 heteroatoms. The summed E-state index contributed by atoms with van der Waals surface area (Å²) in [5.74, 6) is 1.20. The summed E-state index contributed by atoms with van der Waals surface area (Å²) in [6.07, 6.45) is 1.57. The lowest BCUT2D eigenvalue weighted by Gasteiger charge is -2.32. The van der Waals surface area contributed by atoms with E-state index in [0.717, 1.165) is 38.2 Å². The minimum Gasteiger partial charge on any atom is -0.393 e. The molecule has 2 N–H and O–H groups in total. The predicted octanol–water partition coefficient (Wildman–Crippen LogP) is 0.409. The number of aromatic nitrogens is 2. The first-order valence-electron chi connectivity index (χ1n) is 6.23. The molecule has 1 aromatic rings. The van der Waals surface area contributed by atoms with Crippen molar-refractivity contribution in [3.63, 3.8) is 0 Å². The van der Waals surface area contributed by atoms with Crippen molar-refractivity contribution in [2.45, 2.75) is 32.4 Å². The predicted molar refractivity (Wildman–Crippen MR) is 68.2 cm³/mol. The van der Waals surface area contributed by atoms with Crippen LogP contribution in [0.25, 0.3) is 0 Å². The van der Waals surface area contributed by atoms with Crippen molar-refractivity contribution in [2.24, 2.45) is 7.05 Å². The zero-order valence-corrected chi connectivity index (χ0v) is 10.9. The molecule has 1 aliphatic heterocycles. The molecule has 1 saturated heterocycles. The normalized spacial score (nSPS) is 17.8. The third-order valence-corrected chi connectivity index (χ3v) is 3.43. The second-order valence-electron chi connectivity index (χ2n) is 4.76. The third-order valence-electron chi connectivity index (χ3n) is 3.43. The van der Waals surface area contributed by atoms with Crippen LogP contribution >= 0.6 is 0 Å². The summed E-state index contributed by atoms with van der Waals surface area (Å²) in [5.41, 5.74) is 2.36. The lowest BCUT2D eigenvalue weighted by Crippen LogP contribution is -2.37. The molecule has 0 aliphatic carbocycles. The Balaban J connectivity index is 2.24. The van der Waals surface area contributed by atoms with E-state index in [9.17, 15) is 5.11 Å². The number of nitrogens with one attached hydrogen (secondary N) is 1. The van der Waals surface area contributed by atoms with Crippen molar-refractivity contribution in [3.05, 3.63) is 11.3 Å². The fourth-order valence-corrected chi connectivity index (χ4v) is 2.55. The molecule has 0 atom stereocenters. The number of aliphatic hydroxyl groups excluding tert-OH is 1. The Morgan fingerprint density at radius 3 is 2.65 bits per heavy atom. The van der Waals surface area contributed by atoms with Crippen LogP contribution in [-0.4, -0.2) is 41.1 Å². The third kappa shape index (κ3) is 2.45. The van der Waals surface area contributed by atoms with Crippen molar-refractivity contribution < 1.29 is 5.11 Å². The standard InChI is InChI=1S/C12H22N4O/c1-9-11(8-13-2)12(15(3)14-9)16-6-4-10(17)5-7-16/h10,13,17H,4-8H2,1-3H3. The van der Waals surface area contributed by atoms with Crippen LogP contribution in [0.3, 0.4) is 0 Å². The molecule has 0 saturated carbocycles. The second kappa shape index (κ2) is 5.06. The number of nitrogens with zero attached hydrogens (tertiary/aromatic N) is 3. The van der Waals surface area contributed by atoms with Gasteiger partial charge in [-0.05, 0) is 26.8 Å². The average molecular weight is 238 g/mol. The summed E-state index contributed by atoms with van der Waals surface area (Å²) in [6.45, 7) is 4.72. The van der Waals surface area contributed by atoms with Gasteiger partial charge < -0.3 is 15.3 Å². The van der Waals surface area contributed by atoms with Crippen LogP contribution in [0.2, 0.25) is 0 Å². The van der Waals surface area contributed by atoms with E-state index in [4.69, 9.17) is 0 Å². The highest BCUT2D eigenvalue weighted by Gasteiger charge is 2.23. The quantitative estimate of drug-likeness (QED) is 0.801. The molecule has 0 bridgehead atoms. The Bertz CT molecular complexity index is 380. The molecule has 1 fully saturated rings. The second-order valence-corrected chi connectivity index (χ2v) is 4.76. The van der Waals surface area contributed by atoms with Gasteiger partial charge in [-0.2, -0.15) is 5.10 Å². The molecule has 96 valence electrons. The van der Waals surface area contributed by atoms with Gasteiger partial charge in [-0.15, -0.1) is 0 Å². The van der Waals surface area contributed by atoms with E-state index in [-0.39, 0.29) is 6.10 Å². The zero-order chi connectivity index (χ0) is 12.4. The van der Waals surface area contributed by atoms with Crippen molar-refractivity contribution in [2.75, 3.05) is 25.0 Å². The highest BCUT2D eigenvalue weighted by Crippen LogP contribution is 2.26. The number of anilines is 1.